The molecule has 0 atom stereocenters. The van der Waals surface area contributed by atoms with E-state index in [1.807, 2.05) is 19.1 Å². The maximum atomic E-state index is 13.4. The van der Waals surface area contributed by atoms with Gasteiger partial charge in [-0.15, -0.1) is 0 Å². The van der Waals surface area contributed by atoms with E-state index in [1.54, 1.807) is 49.4 Å². The minimum absolute atomic E-state index is 0.0509. The van der Waals surface area contributed by atoms with Gasteiger partial charge in [0.05, 0.1) is 24.1 Å². The Morgan fingerprint density at radius 1 is 1.00 bits per heavy atom. The van der Waals surface area contributed by atoms with Crippen LogP contribution >= 0.6 is 11.3 Å². The summed E-state index contributed by atoms with van der Waals surface area (Å²) >= 11 is 0.996. The Balaban J connectivity index is 2.02. The van der Waals surface area contributed by atoms with Gasteiger partial charge in [-0.3, -0.25) is 9.36 Å². The van der Waals surface area contributed by atoms with Crippen molar-refractivity contribution >= 4 is 23.1 Å². The van der Waals surface area contributed by atoms with Gasteiger partial charge < -0.3 is 14.9 Å². The largest absolute Gasteiger partial charge is 0.503 e. The van der Waals surface area contributed by atoms with Crippen molar-refractivity contribution in [3.8, 4) is 28.0 Å². The van der Waals surface area contributed by atoms with E-state index < -0.39 is 23.4 Å². The number of ketones is 1. The molecule has 0 bridgehead atoms. The van der Waals surface area contributed by atoms with Crippen LogP contribution in [0.25, 0.3) is 16.4 Å². The summed E-state index contributed by atoms with van der Waals surface area (Å²) in [4.78, 5) is 30.1. The van der Waals surface area contributed by atoms with Gasteiger partial charge in [0.1, 0.15) is 4.88 Å². The van der Waals surface area contributed by atoms with Crippen molar-refractivity contribution in [1.82, 2.24) is 9.55 Å². The summed E-state index contributed by atoms with van der Waals surface area (Å²) < 4.78 is 6.10. The topological polar surface area (TPSA) is 102 Å². The molecule has 162 valence electrons. The molecule has 0 saturated heterocycles. The molecule has 0 aliphatic carbocycles. The fourth-order valence-electron chi connectivity index (χ4n) is 3.43. The van der Waals surface area contributed by atoms with Crippen molar-refractivity contribution in [2.24, 2.45) is 0 Å². The highest BCUT2D eigenvalue weighted by atomic mass is 32.1. The number of carbonyl (C=O) groups excluding carboxylic acids is 2. The predicted molar refractivity (Wildman–Crippen MR) is 121 cm³/mol. The molecular formula is C24H20N2O5S. The molecule has 0 aliphatic rings. The first-order valence-electron chi connectivity index (χ1n) is 9.73. The van der Waals surface area contributed by atoms with Gasteiger partial charge in [0.15, 0.2) is 16.7 Å². The predicted octanol–water partition coefficient (Wildman–Crippen LogP) is 4.65. The Bertz CT molecular complexity index is 1320. The molecule has 0 fully saturated rings. The number of methoxy groups -OCH3 is 1. The fourth-order valence-corrected chi connectivity index (χ4v) is 4.42. The lowest BCUT2D eigenvalue weighted by Crippen LogP contribution is -2.04. The molecule has 4 aromatic rings. The molecule has 2 N–H and O–H groups in total. The van der Waals surface area contributed by atoms with Crippen molar-refractivity contribution in [1.29, 1.82) is 0 Å². The number of aromatic hydroxyl groups is 2. The van der Waals surface area contributed by atoms with Crippen molar-refractivity contribution in [2.75, 3.05) is 7.11 Å². The Morgan fingerprint density at radius 2 is 1.66 bits per heavy atom. The van der Waals surface area contributed by atoms with Gasteiger partial charge in [0.2, 0.25) is 5.88 Å². The Labute approximate surface area is 188 Å². The number of thiazole rings is 1. The molecule has 2 aromatic carbocycles. The van der Waals surface area contributed by atoms with Gasteiger partial charge in [-0.25, -0.2) is 9.78 Å². The number of carbonyl (C=O) groups is 2. The standard InChI is InChI=1S/C24H20N2O5S/c1-13-9-11-15(12-10-13)18-17(19(27)16-7-5-4-6-8-16)20(28)22(29)26(18)24-25-14(2)21(32-24)23(30)31-3/h4-12,28-29H,1-3H3. The van der Waals surface area contributed by atoms with E-state index in [0.717, 1.165) is 16.9 Å². The molecular weight excluding hydrogens is 428 g/mol. The normalized spacial score (nSPS) is 10.8. The van der Waals surface area contributed by atoms with Crippen LogP contribution in [-0.2, 0) is 4.74 Å². The third kappa shape index (κ3) is 3.54. The molecule has 8 heteroatoms. The smallest absolute Gasteiger partial charge is 0.350 e. The summed E-state index contributed by atoms with van der Waals surface area (Å²) in [6.45, 7) is 3.58. The molecule has 0 unspecified atom stereocenters. The van der Waals surface area contributed by atoms with Crippen LogP contribution in [0, 0.1) is 13.8 Å². The molecule has 0 spiro atoms. The van der Waals surface area contributed by atoms with Crippen LogP contribution in [0.1, 0.15) is 36.9 Å². The SMILES string of the molecule is COC(=O)c1sc(-n2c(O)c(O)c(C(=O)c3ccccc3)c2-c2ccc(C)cc2)nc1C. The number of aryl methyl sites for hydroxylation is 2. The molecule has 0 radical (unpaired) electrons. The van der Waals surface area contributed by atoms with Gasteiger partial charge in [-0.05, 0) is 19.4 Å². The average Bonchev–Trinajstić information content (AvgIpc) is 3.31. The third-order valence-corrected chi connectivity index (χ3v) is 6.18. The summed E-state index contributed by atoms with van der Waals surface area (Å²) in [7, 11) is 1.27. The van der Waals surface area contributed by atoms with E-state index in [0.29, 0.717) is 16.8 Å². The van der Waals surface area contributed by atoms with Crippen LogP contribution in [0.5, 0.6) is 11.6 Å². The summed E-state index contributed by atoms with van der Waals surface area (Å²) in [5.74, 6) is -2.10. The lowest BCUT2D eigenvalue weighted by Gasteiger charge is -2.10. The van der Waals surface area contributed by atoms with E-state index in [2.05, 4.69) is 4.98 Å². The molecule has 2 heterocycles. The van der Waals surface area contributed by atoms with Crippen LogP contribution in [0.15, 0.2) is 54.6 Å². The van der Waals surface area contributed by atoms with Gasteiger partial charge in [0, 0.05) is 5.56 Å². The maximum absolute atomic E-state index is 13.4. The zero-order valence-electron chi connectivity index (χ0n) is 17.6. The quantitative estimate of drug-likeness (QED) is 0.341. The zero-order chi connectivity index (χ0) is 23.0. The average molecular weight is 449 g/mol. The van der Waals surface area contributed by atoms with Crippen molar-refractivity contribution in [3.05, 3.63) is 81.9 Å². The summed E-state index contributed by atoms with van der Waals surface area (Å²) in [6, 6.07) is 15.8. The highest BCUT2D eigenvalue weighted by Crippen LogP contribution is 2.45. The highest BCUT2D eigenvalue weighted by molar-refractivity contribution is 7.16. The number of esters is 1. The lowest BCUT2D eigenvalue weighted by molar-refractivity contribution is 0.0605. The Morgan fingerprint density at radius 3 is 2.28 bits per heavy atom. The van der Waals surface area contributed by atoms with Crippen LogP contribution in [-0.4, -0.2) is 38.6 Å². The number of benzene rings is 2. The number of aromatic nitrogens is 2. The number of hydrogen-bond donors (Lipinski definition) is 2. The molecule has 32 heavy (non-hydrogen) atoms. The Hall–Kier alpha value is -3.91. The van der Waals surface area contributed by atoms with Crippen LogP contribution < -0.4 is 0 Å². The second-order valence-corrected chi connectivity index (χ2v) is 8.17. The molecule has 4 rings (SSSR count). The Kier molecular flexibility index (Phi) is 5.54. The van der Waals surface area contributed by atoms with Crippen molar-refractivity contribution < 1.29 is 24.5 Å². The van der Waals surface area contributed by atoms with E-state index in [4.69, 9.17) is 4.74 Å². The highest BCUT2D eigenvalue weighted by Gasteiger charge is 2.31. The number of ether oxygens (including phenoxy) is 1. The first kappa shape index (κ1) is 21.3. The molecule has 2 aromatic heterocycles. The summed E-state index contributed by atoms with van der Waals surface area (Å²) in [6.07, 6.45) is 0. The first-order chi connectivity index (χ1) is 15.3. The lowest BCUT2D eigenvalue weighted by atomic mass is 9.99. The van der Waals surface area contributed by atoms with Gasteiger partial charge in [-0.1, -0.05) is 71.5 Å². The van der Waals surface area contributed by atoms with Crippen LogP contribution in [0.4, 0.5) is 0 Å². The molecule has 7 nitrogen and oxygen atoms in total. The molecule has 0 saturated carbocycles. The second-order valence-electron chi connectivity index (χ2n) is 7.19. The second kappa shape index (κ2) is 8.32. The van der Waals surface area contributed by atoms with E-state index in [9.17, 15) is 19.8 Å². The van der Waals surface area contributed by atoms with E-state index in [-0.39, 0.29) is 21.3 Å². The third-order valence-electron chi connectivity index (χ3n) is 5.06. The maximum Gasteiger partial charge on any atom is 0.350 e. The number of nitrogens with zero attached hydrogens (tertiary/aromatic N) is 2. The molecule has 0 aliphatic heterocycles. The fraction of sp³-hybridized carbons (Fsp3) is 0.125. The van der Waals surface area contributed by atoms with Crippen LogP contribution in [0.3, 0.4) is 0 Å². The summed E-state index contributed by atoms with van der Waals surface area (Å²) in [5, 5.41) is 21.9. The van der Waals surface area contributed by atoms with Crippen LogP contribution in [0.2, 0.25) is 0 Å². The number of hydrogen-bond acceptors (Lipinski definition) is 7. The van der Waals surface area contributed by atoms with E-state index >= 15 is 0 Å². The van der Waals surface area contributed by atoms with Gasteiger partial charge in [-0.2, -0.15) is 0 Å². The number of rotatable bonds is 5. The van der Waals surface area contributed by atoms with Gasteiger partial charge >= 0.3 is 5.97 Å². The van der Waals surface area contributed by atoms with Gasteiger partial charge in [0.25, 0.3) is 0 Å². The summed E-state index contributed by atoms with van der Waals surface area (Å²) in [5.41, 5.74) is 2.60. The minimum Gasteiger partial charge on any atom is -0.503 e. The first-order valence-corrected chi connectivity index (χ1v) is 10.5. The molecule has 0 amide bonds. The van der Waals surface area contributed by atoms with Crippen molar-refractivity contribution in [2.45, 2.75) is 13.8 Å². The monoisotopic (exact) mass is 448 g/mol. The minimum atomic E-state index is -0.556. The zero-order valence-corrected chi connectivity index (χ0v) is 18.4. The van der Waals surface area contributed by atoms with E-state index in [1.165, 1.54) is 11.7 Å². The van der Waals surface area contributed by atoms with Crippen molar-refractivity contribution in [3.63, 3.8) is 0 Å².